The van der Waals surface area contributed by atoms with Crippen molar-refractivity contribution >= 4 is 39.0 Å². The molecule has 0 aliphatic heterocycles. The molecule has 0 radical (unpaired) electrons. The average Bonchev–Trinajstić information content (AvgIpc) is 3.31. The molecule has 0 amide bonds. The van der Waals surface area contributed by atoms with Crippen molar-refractivity contribution in [2.45, 2.75) is 6.61 Å². The SMILES string of the molecule is COc1cc2sc(/C=C(/C(=O)[O-])c3ccncc3)c(Oc3ccc(OCc4ccccc4)cc3)c2cc1OC. The Morgan fingerprint density at radius 1 is 0.897 bits per heavy atom. The molecular weight excluding hydrogens is 514 g/mol. The first kappa shape index (κ1) is 25.8. The van der Waals surface area contributed by atoms with Gasteiger partial charge in [-0.15, -0.1) is 11.3 Å². The Bertz CT molecular complexity index is 1610. The number of thiophene rings is 1. The summed E-state index contributed by atoms with van der Waals surface area (Å²) in [5.74, 6) is 1.53. The highest BCUT2D eigenvalue weighted by atomic mass is 32.1. The fraction of sp³-hybridized carbons (Fsp3) is 0.0968. The van der Waals surface area contributed by atoms with Gasteiger partial charge in [-0.3, -0.25) is 4.98 Å². The molecule has 0 N–H and O–H groups in total. The van der Waals surface area contributed by atoms with E-state index in [2.05, 4.69) is 4.98 Å². The third kappa shape index (κ3) is 5.86. The third-order valence-electron chi connectivity index (χ3n) is 5.95. The number of methoxy groups -OCH3 is 2. The van der Waals surface area contributed by atoms with Gasteiger partial charge in [0, 0.05) is 34.1 Å². The van der Waals surface area contributed by atoms with Crippen molar-refractivity contribution in [3.8, 4) is 28.7 Å². The number of carbonyl (C=O) groups is 1. The molecule has 8 heteroatoms. The van der Waals surface area contributed by atoms with Gasteiger partial charge in [0.25, 0.3) is 0 Å². The largest absolute Gasteiger partial charge is 0.545 e. The molecule has 0 spiro atoms. The summed E-state index contributed by atoms with van der Waals surface area (Å²) in [4.78, 5) is 16.7. The number of rotatable bonds is 10. The Morgan fingerprint density at radius 2 is 1.56 bits per heavy atom. The number of benzene rings is 3. The predicted octanol–water partition coefficient (Wildman–Crippen LogP) is 5.98. The number of aliphatic carboxylic acids is 1. The maximum Gasteiger partial charge on any atom is 0.162 e. The zero-order valence-corrected chi connectivity index (χ0v) is 22.1. The summed E-state index contributed by atoms with van der Waals surface area (Å²) in [6.45, 7) is 0.452. The van der Waals surface area contributed by atoms with Crippen LogP contribution in [0.4, 0.5) is 0 Å². The standard InChI is InChI=1S/C31H25NO6S/c1-35-26-16-25-28(18-27(26)36-2)39-29(17-24(31(33)34)21-12-14-32-15-13-21)30(25)38-23-10-8-22(9-11-23)37-19-20-6-4-3-5-7-20/h3-18H,19H2,1-2H3,(H,33,34)/p-1/b24-17+. The van der Waals surface area contributed by atoms with E-state index in [4.69, 9.17) is 18.9 Å². The molecule has 0 atom stereocenters. The lowest BCUT2D eigenvalue weighted by molar-refractivity contribution is -0.295. The molecule has 5 aromatic rings. The maximum absolute atomic E-state index is 12.1. The number of carboxylic acid groups (broad SMARTS) is 1. The van der Waals surface area contributed by atoms with Crippen molar-refractivity contribution in [1.82, 2.24) is 4.98 Å². The number of fused-ring (bicyclic) bond motifs is 1. The van der Waals surface area contributed by atoms with E-state index in [-0.39, 0.29) is 5.57 Å². The fourth-order valence-electron chi connectivity index (χ4n) is 4.01. The van der Waals surface area contributed by atoms with E-state index in [0.717, 1.165) is 15.6 Å². The van der Waals surface area contributed by atoms with Crippen LogP contribution < -0.4 is 24.1 Å². The summed E-state index contributed by atoms with van der Waals surface area (Å²) < 4.78 is 24.1. The molecule has 5 rings (SSSR count). The van der Waals surface area contributed by atoms with Gasteiger partial charge < -0.3 is 28.8 Å². The summed E-state index contributed by atoms with van der Waals surface area (Å²) in [7, 11) is 3.12. The quantitative estimate of drug-likeness (QED) is 0.202. The second kappa shape index (κ2) is 11.7. The van der Waals surface area contributed by atoms with Crippen LogP contribution in [-0.2, 0) is 11.4 Å². The Kier molecular flexibility index (Phi) is 7.75. The first-order valence-electron chi connectivity index (χ1n) is 12.0. The van der Waals surface area contributed by atoms with Crippen molar-refractivity contribution in [1.29, 1.82) is 0 Å². The second-order valence-electron chi connectivity index (χ2n) is 8.43. The number of hydrogen-bond donors (Lipinski definition) is 0. The predicted molar refractivity (Wildman–Crippen MR) is 149 cm³/mol. The molecule has 196 valence electrons. The Morgan fingerprint density at radius 3 is 2.23 bits per heavy atom. The number of nitrogens with zero attached hydrogens (tertiary/aromatic N) is 1. The minimum absolute atomic E-state index is 0.0115. The number of ether oxygens (including phenoxy) is 4. The molecule has 2 aromatic heterocycles. The van der Waals surface area contributed by atoms with Crippen LogP contribution in [0.5, 0.6) is 28.7 Å². The lowest BCUT2D eigenvalue weighted by Gasteiger charge is -2.12. The number of pyridine rings is 1. The molecule has 0 bridgehead atoms. The van der Waals surface area contributed by atoms with Crippen LogP contribution >= 0.6 is 11.3 Å². The molecule has 7 nitrogen and oxygen atoms in total. The fourth-order valence-corrected chi connectivity index (χ4v) is 5.09. The zero-order chi connectivity index (χ0) is 27.2. The summed E-state index contributed by atoms with van der Waals surface area (Å²) in [6.07, 6.45) is 4.62. The minimum Gasteiger partial charge on any atom is -0.545 e. The molecule has 3 aromatic carbocycles. The summed E-state index contributed by atoms with van der Waals surface area (Å²) in [5, 5.41) is 12.9. The van der Waals surface area contributed by atoms with Gasteiger partial charge in [0.2, 0.25) is 0 Å². The summed E-state index contributed by atoms with van der Waals surface area (Å²) >= 11 is 1.37. The molecule has 0 saturated carbocycles. The Hall–Kier alpha value is -4.82. The number of hydrogen-bond acceptors (Lipinski definition) is 8. The van der Waals surface area contributed by atoms with Crippen molar-refractivity contribution in [2.24, 2.45) is 0 Å². The number of carbonyl (C=O) groups excluding carboxylic acids is 1. The van der Waals surface area contributed by atoms with Gasteiger partial charge >= 0.3 is 0 Å². The normalized spacial score (nSPS) is 11.3. The van der Waals surface area contributed by atoms with Gasteiger partial charge in [-0.2, -0.15) is 0 Å². The van der Waals surface area contributed by atoms with E-state index in [1.165, 1.54) is 23.7 Å². The van der Waals surface area contributed by atoms with Crippen molar-refractivity contribution in [3.05, 3.63) is 107 Å². The highest BCUT2D eigenvalue weighted by Gasteiger charge is 2.18. The molecule has 0 fully saturated rings. The maximum atomic E-state index is 12.1. The van der Waals surface area contributed by atoms with Crippen LogP contribution in [0.15, 0.2) is 91.3 Å². The lowest BCUT2D eigenvalue weighted by atomic mass is 10.1. The molecule has 0 aliphatic carbocycles. The number of carboxylic acids is 1. The van der Waals surface area contributed by atoms with Crippen LogP contribution in [0.1, 0.15) is 16.0 Å². The Labute approximate surface area is 229 Å². The van der Waals surface area contributed by atoms with E-state index in [1.54, 1.807) is 44.6 Å². The molecule has 0 aliphatic rings. The lowest BCUT2D eigenvalue weighted by Crippen LogP contribution is -2.23. The molecule has 2 heterocycles. The van der Waals surface area contributed by atoms with E-state index < -0.39 is 5.97 Å². The third-order valence-corrected chi connectivity index (χ3v) is 7.03. The van der Waals surface area contributed by atoms with E-state index in [9.17, 15) is 9.90 Å². The summed E-state index contributed by atoms with van der Waals surface area (Å²) in [5.41, 5.74) is 1.56. The zero-order valence-electron chi connectivity index (χ0n) is 21.2. The molecule has 39 heavy (non-hydrogen) atoms. The molecule has 0 unspecified atom stereocenters. The molecule has 0 saturated heterocycles. The van der Waals surface area contributed by atoms with Crippen LogP contribution in [0.2, 0.25) is 0 Å². The van der Waals surface area contributed by atoms with E-state index in [0.29, 0.717) is 45.8 Å². The van der Waals surface area contributed by atoms with Crippen molar-refractivity contribution in [2.75, 3.05) is 14.2 Å². The van der Waals surface area contributed by atoms with Gasteiger partial charge in [0.1, 0.15) is 18.1 Å². The number of aromatic nitrogens is 1. The van der Waals surface area contributed by atoms with E-state index in [1.807, 2.05) is 54.6 Å². The van der Waals surface area contributed by atoms with Crippen LogP contribution in [0.3, 0.4) is 0 Å². The van der Waals surface area contributed by atoms with Crippen LogP contribution in [-0.4, -0.2) is 25.2 Å². The topological polar surface area (TPSA) is 89.9 Å². The van der Waals surface area contributed by atoms with Crippen molar-refractivity contribution < 1.29 is 28.8 Å². The first-order chi connectivity index (χ1) is 19.1. The van der Waals surface area contributed by atoms with Gasteiger partial charge in [0.05, 0.1) is 25.1 Å². The minimum atomic E-state index is -1.31. The first-order valence-corrected chi connectivity index (χ1v) is 12.8. The van der Waals surface area contributed by atoms with Crippen LogP contribution in [0.25, 0.3) is 21.7 Å². The monoisotopic (exact) mass is 538 g/mol. The van der Waals surface area contributed by atoms with Gasteiger partial charge in [0.15, 0.2) is 17.2 Å². The van der Waals surface area contributed by atoms with Gasteiger partial charge in [-0.05, 0) is 59.7 Å². The highest BCUT2D eigenvalue weighted by Crippen LogP contribution is 2.46. The van der Waals surface area contributed by atoms with E-state index >= 15 is 0 Å². The van der Waals surface area contributed by atoms with Crippen molar-refractivity contribution in [3.63, 3.8) is 0 Å². The average molecular weight is 539 g/mol. The second-order valence-corrected chi connectivity index (χ2v) is 9.51. The van der Waals surface area contributed by atoms with Gasteiger partial charge in [-0.1, -0.05) is 30.3 Å². The molecular formula is C31H24NO6S-. The summed E-state index contributed by atoms with van der Waals surface area (Å²) in [6, 6.07) is 24.1. The highest BCUT2D eigenvalue weighted by molar-refractivity contribution is 7.20. The van der Waals surface area contributed by atoms with Crippen LogP contribution in [0, 0.1) is 0 Å². The Balaban J connectivity index is 1.52. The van der Waals surface area contributed by atoms with Gasteiger partial charge in [-0.25, -0.2) is 0 Å². The smallest absolute Gasteiger partial charge is 0.162 e.